The van der Waals surface area contributed by atoms with Crippen molar-refractivity contribution in [1.29, 1.82) is 0 Å². The van der Waals surface area contributed by atoms with Gasteiger partial charge in [0.15, 0.2) is 0 Å². The summed E-state index contributed by atoms with van der Waals surface area (Å²) in [6.45, 7) is 18.4. The van der Waals surface area contributed by atoms with Gasteiger partial charge in [0.25, 0.3) is 0 Å². The highest BCUT2D eigenvalue weighted by Crippen LogP contribution is 2.07. The number of rotatable bonds is 16. The van der Waals surface area contributed by atoms with E-state index in [2.05, 4.69) is 41.5 Å². The molecule has 5 heteroatoms. The van der Waals surface area contributed by atoms with E-state index < -0.39 is 0 Å². The molecule has 5 nitrogen and oxygen atoms in total. The van der Waals surface area contributed by atoms with E-state index in [0.717, 1.165) is 78.5 Å². The molecule has 0 aliphatic carbocycles. The summed E-state index contributed by atoms with van der Waals surface area (Å²) >= 11 is 0. The molecule has 0 radical (unpaired) electrons. The van der Waals surface area contributed by atoms with Gasteiger partial charge in [0, 0.05) is 52.9 Å². The van der Waals surface area contributed by atoms with Gasteiger partial charge in [-0.15, -0.1) is 0 Å². The van der Waals surface area contributed by atoms with Crippen molar-refractivity contribution >= 4 is 0 Å². The van der Waals surface area contributed by atoms with E-state index >= 15 is 0 Å². The average molecular weight is 363 g/mol. The highest BCUT2D eigenvalue weighted by Gasteiger charge is 2.09. The number of ether oxygens (including phenoxy) is 5. The van der Waals surface area contributed by atoms with Crippen molar-refractivity contribution in [3.8, 4) is 0 Å². The summed E-state index contributed by atoms with van der Waals surface area (Å²) in [5.74, 6) is 0. The lowest BCUT2D eigenvalue weighted by molar-refractivity contribution is -0.0158. The van der Waals surface area contributed by atoms with Crippen molar-refractivity contribution < 1.29 is 23.7 Å². The van der Waals surface area contributed by atoms with Crippen LogP contribution in [-0.2, 0) is 23.7 Å². The standard InChI is InChI=1S/C20H42O5/c1-19(2,3)24-17-9-15-22-13-7-11-21-12-8-14-23-16-10-18-25-20(4,5)6/h7-18H2,1-6H3. The van der Waals surface area contributed by atoms with Gasteiger partial charge in [-0.3, -0.25) is 0 Å². The first-order valence-electron chi connectivity index (χ1n) is 9.72. The van der Waals surface area contributed by atoms with E-state index in [-0.39, 0.29) is 11.2 Å². The Bertz CT molecular complexity index is 253. The Balaban J connectivity index is 3.08. The molecule has 0 bridgehead atoms. The maximum absolute atomic E-state index is 5.63. The molecular formula is C20H42O5. The molecule has 0 N–H and O–H groups in total. The molecule has 0 spiro atoms. The minimum absolute atomic E-state index is 0.0578. The van der Waals surface area contributed by atoms with Crippen LogP contribution in [-0.4, -0.2) is 64.1 Å². The molecule has 0 aliphatic heterocycles. The zero-order valence-corrected chi connectivity index (χ0v) is 17.5. The fourth-order valence-electron chi connectivity index (χ4n) is 1.91. The monoisotopic (exact) mass is 362 g/mol. The van der Waals surface area contributed by atoms with Crippen molar-refractivity contribution in [3.05, 3.63) is 0 Å². The van der Waals surface area contributed by atoms with Crippen LogP contribution in [0.1, 0.15) is 67.2 Å². The molecular weight excluding hydrogens is 320 g/mol. The van der Waals surface area contributed by atoms with Gasteiger partial charge >= 0.3 is 0 Å². The van der Waals surface area contributed by atoms with Crippen LogP contribution in [0.25, 0.3) is 0 Å². The quantitative estimate of drug-likeness (QED) is 0.385. The van der Waals surface area contributed by atoms with E-state index in [9.17, 15) is 0 Å². The smallest absolute Gasteiger partial charge is 0.0598 e. The molecule has 0 amide bonds. The second-order valence-electron chi connectivity index (χ2n) is 8.17. The van der Waals surface area contributed by atoms with Crippen molar-refractivity contribution in [2.24, 2.45) is 0 Å². The summed E-state index contributed by atoms with van der Waals surface area (Å²) in [5.41, 5.74) is -0.116. The second kappa shape index (κ2) is 14.9. The fraction of sp³-hybridized carbons (Fsp3) is 1.00. The summed E-state index contributed by atoms with van der Waals surface area (Å²) in [6.07, 6.45) is 3.75. The van der Waals surface area contributed by atoms with Gasteiger partial charge < -0.3 is 23.7 Å². The van der Waals surface area contributed by atoms with Crippen LogP contribution in [0.4, 0.5) is 0 Å². The average Bonchev–Trinajstić information content (AvgIpc) is 2.48. The van der Waals surface area contributed by atoms with Gasteiger partial charge in [0.2, 0.25) is 0 Å². The number of hydrogen-bond donors (Lipinski definition) is 0. The molecule has 25 heavy (non-hydrogen) atoms. The predicted octanol–water partition coefficient (Wildman–Crippen LogP) is 4.23. The maximum Gasteiger partial charge on any atom is 0.0598 e. The Morgan fingerprint density at radius 2 is 0.640 bits per heavy atom. The lowest BCUT2D eigenvalue weighted by atomic mass is 10.2. The zero-order valence-electron chi connectivity index (χ0n) is 17.5. The van der Waals surface area contributed by atoms with Gasteiger partial charge in [0.05, 0.1) is 11.2 Å². The molecule has 0 heterocycles. The first-order chi connectivity index (χ1) is 11.7. The first kappa shape index (κ1) is 24.8. The van der Waals surface area contributed by atoms with Gasteiger partial charge in [-0.05, 0) is 67.2 Å². The second-order valence-corrected chi connectivity index (χ2v) is 8.17. The summed E-state index contributed by atoms with van der Waals surface area (Å²) in [4.78, 5) is 0. The van der Waals surface area contributed by atoms with Crippen LogP contribution in [0, 0.1) is 0 Å². The Morgan fingerprint density at radius 1 is 0.400 bits per heavy atom. The molecule has 0 unspecified atom stereocenters. The van der Waals surface area contributed by atoms with Crippen molar-refractivity contribution in [3.63, 3.8) is 0 Å². The zero-order chi connectivity index (χ0) is 19.0. The van der Waals surface area contributed by atoms with Gasteiger partial charge in [-0.2, -0.15) is 0 Å². The first-order valence-corrected chi connectivity index (χ1v) is 9.72. The predicted molar refractivity (Wildman–Crippen MR) is 102 cm³/mol. The van der Waals surface area contributed by atoms with Gasteiger partial charge in [0.1, 0.15) is 0 Å². The minimum atomic E-state index is -0.0578. The van der Waals surface area contributed by atoms with E-state index in [1.807, 2.05) is 0 Å². The van der Waals surface area contributed by atoms with Gasteiger partial charge in [-0.1, -0.05) is 0 Å². The maximum atomic E-state index is 5.63. The molecule has 0 aromatic rings. The topological polar surface area (TPSA) is 46.2 Å². The van der Waals surface area contributed by atoms with E-state index in [1.54, 1.807) is 0 Å². The van der Waals surface area contributed by atoms with Crippen LogP contribution in [0.15, 0.2) is 0 Å². The third-order valence-electron chi connectivity index (χ3n) is 3.09. The van der Waals surface area contributed by atoms with Crippen molar-refractivity contribution in [2.75, 3.05) is 52.9 Å². The Kier molecular flexibility index (Phi) is 14.8. The molecule has 152 valence electrons. The highest BCUT2D eigenvalue weighted by molar-refractivity contribution is 4.58. The summed E-state index contributed by atoms with van der Waals surface area (Å²) in [6, 6.07) is 0. The SMILES string of the molecule is CC(C)(C)OCCCOCCCOCCCOCCCOC(C)(C)C. The fourth-order valence-corrected chi connectivity index (χ4v) is 1.91. The molecule has 0 atom stereocenters. The molecule has 0 fully saturated rings. The van der Waals surface area contributed by atoms with Crippen LogP contribution in [0.5, 0.6) is 0 Å². The number of hydrogen-bond acceptors (Lipinski definition) is 5. The Morgan fingerprint density at radius 3 is 0.880 bits per heavy atom. The van der Waals surface area contributed by atoms with Crippen LogP contribution in [0.3, 0.4) is 0 Å². The van der Waals surface area contributed by atoms with Crippen molar-refractivity contribution in [1.82, 2.24) is 0 Å². The lowest BCUT2D eigenvalue weighted by Gasteiger charge is -2.19. The third kappa shape index (κ3) is 23.8. The van der Waals surface area contributed by atoms with E-state index in [1.165, 1.54) is 0 Å². The molecule has 0 saturated heterocycles. The molecule has 0 aliphatic rings. The van der Waals surface area contributed by atoms with Crippen LogP contribution in [0.2, 0.25) is 0 Å². The normalized spacial score (nSPS) is 12.7. The van der Waals surface area contributed by atoms with Crippen LogP contribution >= 0.6 is 0 Å². The Labute approximate surface area is 155 Å². The largest absolute Gasteiger partial charge is 0.381 e. The Hall–Kier alpha value is -0.200. The third-order valence-corrected chi connectivity index (χ3v) is 3.09. The van der Waals surface area contributed by atoms with E-state index in [0.29, 0.717) is 0 Å². The summed E-state index contributed by atoms with van der Waals surface area (Å²) in [5, 5.41) is 0. The minimum Gasteiger partial charge on any atom is -0.381 e. The summed E-state index contributed by atoms with van der Waals surface area (Å²) < 4.78 is 28.0. The highest BCUT2D eigenvalue weighted by atomic mass is 16.5. The molecule has 0 aromatic carbocycles. The molecule has 0 saturated carbocycles. The molecule has 0 aromatic heterocycles. The molecule has 0 rings (SSSR count). The van der Waals surface area contributed by atoms with Crippen molar-refractivity contribution in [2.45, 2.75) is 78.4 Å². The van der Waals surface area contributed by atoms with Crippen LogP contribution < -0.4 is 0 Å². The lowest BCUT2D eigenvalue weighted by Crippen LogP contribution is -2.20. The van der Waals surface area contributed by atoms with Gasteiger partial charge in [-0.25, -0.2) is 0 Å². The summed E-state index contributed by atoms with van der Waals surface area (Å²) in [7, 11) is 0. The van der Waals surface area contributed by atoms with E-state index in [4.69, 9.17) is 23.7 Å².